The number of phenols is 2. The van der Waals surface area contributed by atoms with Gasteiger partial charge in [0.2, 0.25) is 0 Å². The van der Waals surface area contributed by atoms with Gasteiger partial charge in [0.25, 0.3) is 0 Å². The molecule has 0 amide bonds. The number of hydrogen-bond donors (Lipinski definition) is 5. The number of aromatic hydroxyl groups is 2. The minimum Gasteiger partial charge on any atom is -0.504 e. The molecule has 142 valence electrons. The summed E-state index contributed by atoms with van der Waals surface area (Å²) < 4.78 is 9.44. The maximum Gasteiger partial charge on any atom is 0.338 e. The van der Waals surface area contributed by atoms with Gasteiger partial charge >= 0.3 is 11.9 Å². The Kier molecular flexibility index (Phi) is 5.86. The summed E-state index contributed by atoms with van der Waals surface area (Å²) in [6.45, 7) is 0. The second kappa shape index (κ2) is 7.73. The van der Waals surface area contributed by atoms with Crippen LogP contribution >= 0.6 is 0 Å². The monoisotopic (exact) mass is 368 g/mol. The van der Waals surface area contributed by atoms with Crippen LogP contribution in [0.4, 0.5) is 0 Å². The van der Waals surface area contributed by atoms with Gasteiger partial charge in [-0.25, -0.2) is 9.59 Å². The highest BCUT2D eigenvalue weighted by Crippen LogP contribution is 2.32. The predicted octanol–water partition coefficient (Wildman–Crippen LogP) is -0.558. The molecule has 1 aliphatic rings. The highest BCUT2D eigenvalue weighted by molar-refractivity contribution is 5.87. The molecule has 1 saturated carbocycles. The van der Waals surface area contributed by atoms with Crippen LogP contribution in [0, 0.1) is 0 Å². The molecular formula is C17H20O9. The summed E-state index contributed by atoms with van der Waals surface area (Å²) in [4.78, 5) is 23.4. The van der Waals surface area contributed by atoms with Gasteiger partial charge in [0.1, 0.15) is 0 Å². The van der Waals surface area contributed by atoms with E-state index < -0.39 is 48.7 Å². The van der Waals surface area contributed by atoms with Crippen molar-refractivity contribution < 1.29 is 44.6 Å². The average molecular weight is 368 g/mol. The predicted molar refractivity (Wildman–Crippen MR) is 86.9 cm³/mol. The van der Waals surface area contributed by atoms with Crippen LogP contribution in [0.3, 0.4) is 0 Å². The van der Waals surface area contributed by atoms with Crippen LogP contribution in [0.15, 0.2) is 24.3 Å². The SMILES string of the molecule is COC(=O)C1(O)CC(O)C(OC(=O)C=Cc2ccc(O)c(O)c2)C(O)C1. The van der Waals surface area contributed by atoms with E-state index in [9.17, 15) is 35.1 Å². The molecule has 1 aromatic carbocycles. The fraction of sp³-hybridized carbons (Fsp3) is 0.412. The Morgan fingerprint density at radius 3 is 2.31 bits per heavy atom. The number of hydrogen-bond acceptors (Lipinski definition) is 9. The minimum absolute atomic E-state index is 0.309. The number of aliphatic hydroxyl groups is 3. The third-order valence-electron chi connectivity index (χ3n) is 4.08. The van der Waals surface area contributed by atoms with Crippen molar-refractivity contribution in [3.63, 3.8) is 0 Å². The van der Waals surface area contributed by atoms with Crippen molar-refractivity contribution in [3.8, 4) is 11.5 Å². The zero-order valence-electron chi connectivity index (χ0n) is 13.9. The zero-order chi connectivity index (χ0) is 19.5. The van der Waals surface area contributed by atoms with E-state index in [1.165, 1.54) is 24.3 Å². The summed E-state index contributed by atoms with van der Waals surface area (Å²) in [5.74, 6) is -2.55. The highest BCUT2D eigenvalue weighted by atomic mass is 16.6. The van der Waals surface area contributed by atoms with E-state index in [-0.39, 0.29) is 11.5 Å². The van der Waals surface area contributed by atoms with E-state index in [2.05, 4.69) is 4.74 Å². The summed E-state index contributed by atoms with van der Waals surface area (Å²) in [6.07, 6.45) is -2.88. The number of phenolic OH excluding ortho intramolecular Hbond substituents is 2. The molecule has 1 aliphatic carbocycles. The van der Waals surface area contributed by atoms with Crippen LogP contribution in [0.25, 0.3) is 6.08 Å². The Morgan fingerprint density at radius 1 is 1.15 bits per heavy atom. The lowest BCUT2D eigenvalue weighted by Gasteiger charge is -2.39. The van der Waals surface area contributed by atoms with Crippen molar-refractivity contribution in [1.29, 1.82) is 0 Å². The first-order valence-electron chi connectivity index (χ1n) is 7.74. The summed E-state index contributed by atoms with van der Waals surface area (Å²) in [7, 11) is 1.07. The van der Waals surface area contributed by atoms with Gasteiger partial charge in [-0.3, -0.25) is 0 Å². The molecule has 9 heteroatoms. The Hall–Kier alpha value is -2.62. The van der Waals surface area contributed by atoms with Crippen LogP contribution in [-0.4, -0.2) is 68.5 Å². The third kappa shape index (κ3) is 4.31. The molecule has 0 saturated heterocycles. The number of benzene rings is 1. The number of ether oxygens (including phenoxy) is 2. The van der Waals surface area contributed by atoms with E-state index in [0.29, 0.717) is 5.56 Å². The molecule has 2 unspecified atom stereocenters. The molecule has 1 fully saturated rings. The lowest BCUT2D eigenvalue weighted by Crippen LogP contribution is -2.57. The standard InChI is InChI=1S/C17H20O9/c1-25-16(23)17(24)7-12(20)15(13(21)8-17)26-14(22)5-3-9-2-4-10(18)11(19)6-9/h2-6,12-13,15,18-21,24H,7-8H2,1H3. The van der Waals surface area contributed by atoms with E-state index in [0.717, 1.165) is 13.2 Å². The van der Waals surface area contributed by atoms with E-state index in [1.807, 2.05) is 0 Å². The van der Waals surface area contributed by atoms with E-state index >= 15 is 0 Å². The first-order valence-corrected chi connectivity index (χ1v) is 7.74. The van der Waals surface area contributed by atoms with Gasteiger partial charge in [-0.1, -0.05) is 6.07 Å². The Labute approximate surface area is 148 Å². The molecule has 0 spiro atoms. The fourth-order valence-electron chi connectivity index (χ4n) is 2.76. The van der Waals surface area contributed by atoms with Gasteiger partial charge in [-0.15, -0.1) is 0 Å². The van der Waals surface area contributed by atoms with Crippen molar-refractivity contribution in [3.05, 3.63) is 29.8 Å². The number of esters is 2. The number of methoxy groups -OCH3 is 1. The molecule has 2 atom stereocenters. The first-order chi connectivity index (χ1) is 12.2. The average Bonchev–Trinajstić information content (AvgIpc) is 2.58. The van der Waals surface area contributed by atoms with Gasteiger partial charge in [0.15, 0.2) is 23.2 Å². The van der Waals surface area contributed by atoms with Crippen LogP contribution < -0.4 is 0 Å². The molecule has 0 heterocycles. The molecule has 0 radical (unpaired) electrons. The fourth-order valence-corrected chi connectivity index (χ4v) is 2.76. The van der Waals surface area contributed by atoms with Crippen molar-refractivity contribution in [2.45, 2.75) is 36.8 Å². The molecule has 5 N–H and O–H groups in total. The van der Waals surface area contributed by atoms with Gasteiger partial charge in [0.05, 0.1) is 19.3 Å². The number of aliphatic hydroxyl groups excluding tert-OH is 2. The van der Waals surface area contributed by atoms with Crippen LogP contribution in [0.2, 0.25) is 0 Å². The van der Waals surface area contributed by atoms with Crippen molar-refractivity contribution in [2.75, 3.05) is 7.11 Å². The van der Waals surface area contributed by atoms with Crippen LogP contribution in [0.1, 0.15) is 18.4 Å². The molecule has 1 aromatic rings. The lowest BCUT2D eigenvalue weighted by molar-refractivity contribution is -0.198. The zero-order valence-corrected chi connectivity index (χ0v) is 13.9. The quantitative estimate of drug-likeness (QED) is 0.267. The van der Waals surface area contributed by atoms with Crippen molar-refractivity contribution >= 4 is 18.0 Å². The Balaban J connectivity index is 2.01. The smallest absolute Gasteiger partial charge is 0.338 e. The Morgan fingerprint density at radius 2 is 1.77 bits per heavy atom. The lowest BCUT2D eigenvalue weighted by atomic mass is 9.79. The van der Waals surface area contributed by atoms with E-state index in [1.54, 1.807) is 0 Å². The summed E-state index contributed by atoms with van der Waals surface area (Å²) in [5, 5.41) is 48.8. The molecule has 0 aliphatic heterocycles. The molecular weight excluding hydrogens is 348 g/mol. The molecule has 2 rings (SSSR count). The Bertz CT molecular complexity index is 700. The van der Waals surface area contributed by atoms with Crippen molar-refractivity contribution in [2.24, 2.45) is 0 Å². The normalized spacial score (nSPS) is 28.7. The third-order valence-corrected chi connectivity index (χ3v) is 4.08. The van der Waals surface area contributed by atoms with Crippen LogP contribution in [0.5, 0.6) is 11.5 Å². The highest BCUT2D eigenvalue weighted by Gasteiger charge is 2.50. The maximum atomic E-state index is 11.9. The number of carbonyl (C=O) groups is 2. The second-order valence-electron chi connectivity index (χ2n) is 6.05. The minimum atomic E-state index is -2.06. The van der Waals surface area contributed by atoms with Crippen LogP contribution in [-0.2, 0) is 19.1 Å². The van der Waals surface area contributed by atoms with Gasteiger partial charge in [0, 0.05) is 18.9 Å². The van der Waals surface area contributed by atoms with E-state index in [4.69, 9.17) is 4.74 Å². The second-order valence-corrected chi connectivity index (χ2v) is 6.05. The maximum absolute atomic E-state index is 11.9. The van der Waals surface area contributed by atoms with Gasteiger partial charge in [-0.2, -0.15) is 0 Å². The van der Waals surface area contributed by atoms with Gasteiger partial charge in [-0.05, 0) is 23.8 Å². The largest absolute Gasteiger partial charge is 0.504 e. The number of rotatable bonds is 4. The first kappa shape index (κ1) is 19.7. The van der Waals surface area contributed by atoms with Gasteiger partial charge < -0.3 is 35.0 Å². The molecule has 0 aromatic heterocycles. The molecule has 9 nitrogen and oxygen atoms in total. The molecule has 0 bridgehead atoms. The summed E-state index contributed by atoms with van der Waals surface area (Å²) in [6, 6.07) is 3.90. The summed E-state index contributed by atoms with van der Waals surface area (Å²) in [5.41, 5.74) is -1.65. The number of carbonyl (C=O) groups excluding carboxylic acids is 2. The summed E-state index contributed by atoms with van der Waals surface area (Å²) >= 11 is 0. The topological polar surface area (TPSA) is 154 Å². The molecule has 26 heavy (non-hydrogen) atoms. The van der Waals surface area contributed by atoms with Crippen molar-refractivity contribution in [1.82, 2.24) is 0 Å².